The van der Waals surface area contributed by atoms with E-state index in [2.05, 4.69) is 18.3 Å². The third-order valence-electron chi connectivity index (χ3n) is 4.43. The zero-order valence-electron chi connectivity index (χ0n) is 10.8. The molecule has 96 valence electrons. The lowest BCUT2D eigenvalue weighted by Crippen LogP contribution is -2.45. The lowest BCUT2D eigenvalue weighted by molar-refractivity contribution is -0.0123. The van der Waals surface area contributed by atoms with Crippen molar-refractivity contribution in [2.24, 2.45) is 11.3 Å². The van der Waals surface area contributed by atoms with Crippen LogP contribution in [0.1, 0.15) is 51.9 Å². The van der Waals surface area contributed by atoms with Crippen LogP contribution in [-0.4, -0.2) is 23.8 Å². The van der Waals surface area contributed by atoms with E-state index in [4.69, 9.17) is 5.26 Å². The topological polar surface area (TPSA) is 56.0 Å². The molecule has 2 atom stereocenters. The Kier molecular flexibility index (Phi) is 3.75. The van der Waals surface area contributed by atoms with Gasteiger partial charge in [-0.05, 0) is 37.0 Å². The number of hydrogen-bond donors (Lipinski definition) is 2. The molecule has 0 spiro atoms. The van der Waals surface area contributed by atoms with Crippen molar-refractivity contribution in [2.75, 3.05) is 13.1 Å². The molecule has 0 aromatic carbocycles. The zero-order valence-corrected chi connectivity index (χ0v) is 10.8. The molecule has 2 rings (SSSR count). The Hall–Kier alpha value is -0.590. The van der Waals surface area contributed by atoms with Gasteiger partial charge in [0.05, 0.1) is 11.7 Å². The van der Waals surface area contributed by atoms with Crippen molar-refractivity contribution in [3.8, 4) is 6.07 Å². The van der Waals surface area contributed by atoms with Crippen molar-refractivity contribution >= 4 is 0 Å². The number of aliphatic hydroxyl groups is 1. The predicted octanol–water partition coefficient (Wildman–Crippen LogP) is 2.21. The second-order valence-corrected chi connectivity index (χ2v) is 6.36. The Labute approximate surface area is 104 Å². The molecule has 17 heavy (non-hydrogen) atoms. The molecular formula is C14H24N2O. The third kappa shape index (κ3) is 3.43. The summed E-state index contributed by atoms with van der Waals surface area (Å²) in [6, 6.07) is 2.27. The number of nitrogens with zero attached hydrogens (tertiary/aromatic N) is 1. The van der Waals surface area contributed by atoms with E-state index in [0.29, 0.717) is 18.9 Å². The average Bonchev–Trinajstić information content (AvgIpc) is 2.98. The van der Waals surface area contributed by atoms with E-state index < -0.39 is 5.60 Å². The van der Waals surface area contributed by atoms with Crippen molar-refractivity contribution in [1.82, 2.24) is 5.32 Å². The highest BCUT2D eigenvalue weighted by Gasteiger charge is 2.42. The fourth-order valence-corrected chi connectivity index (χ4v) is 3.11. The van der Waals surface area contributed by atoms with Crippen LogP contribution in [0.5, 0.6) is 0 Å². The zero-order chi connectivity index (χ0) is 12.4. The summed E-state index contributed by atoms with van der Waals surface area (Å²) in [5, 5.41) is 22.6. The summed E-state index contributed by atoms with van der Waals surface area (Å²) in [7, 11) is 0. The fourth-order valence-electron chi connectivity index (χ4n) is 3.11. The number of hydrogen-bond acceptors (Lipinski definition) is 3. The van der Waals surface area contributed by atoms with Crippen LogP contribution in [0.25, 0.3) is 0 Å². The molecule has 0 heterocycles. The maximum absolute atomic E-state index is 10.5. The second-order valence-electron chi connectivity index (χ2n) is 6.36. The molecule has 0 aliphatic heterocycles. The standard InChI is InChI=1S/C14H24N2O/c1-12-3-2-4-14(17,9-12)11-16-10-13(5-6-13)7-8-15/h12,16-17H,2-7,9-11H2,1H3. The molecule has 2 aliphatic carbocycles. The number of nitrogens with one attached hydrogen (secondary N) is 1. The van der Waals surface area contributed by atoms with E-state index in [1.807, 2.05) is 0 Å². The van der Waals surface area contributed by atoms with Crippen molar-refractivity contribution in [2.45, 2.75) is 57.5 Å². The van der Waals surface area contributed by atoms with Crippen molar-refractivity contribution in [1.29, 1.82) is 5.26 Å². The van der Waals surface area contributed by atoms with Crippen LogP contribution in [0.2, 0.25) is 0 Å². The lowest BCUT2D eigenvalue weighted by Gasteiger charge is -2.36. The molecular weight excluding hydrogens is 212 g/mol. The summed E-state index contributed by atoms with van der Waals surface area (Å²) in [5.74, 6) is 0.643. The van der Waals surface area contributed by atoms with Crippen molar-refractivity contribution < 1.29 is 5.11 Å². The van der Waals surface area contributed by atoms with Gasteiger partial charge in [-0.1, -0.05) is 19.8 Å². The number of rotatable bonds is 5. The summed E-state index contributed by atoms with van der Waals surface area (Å²) in [6.07, 6.45) is 7.24. The SMILES string of the molecule is CC1CCCC(O)(CNCC2(CC#N)CC2)C1. The molecule has 3 nitrogen and oxygen atoms in total. The maximum Gasteiger partial charge on any atom is 0.0774 e. The van der Waals surface area contributed by atoms with Crippen LogP contribution in [0.3, 0.4) is 0 Å². The molecule has 2 saturated carbocycles. The minimum atomic E-state index is -0.500. The van der Waals surface area contributed by atoms with Crippen LogP contribution < -0.4 is 5.32 Å². The van der Waals surface area contributed by atoms with Gasteiger partial charge in [0.2, 0.25) is 0 Å². The highest BCUT2D eigenvalue weighted by molar-refractivity contribution is 5.01. The first-order valence-electron chi connectivity index (χ1n) is 6.88. The van der Waals surface area contributed by atoms with Gasteiger partial charge in [-0.3, -0.25) is 0 Å². The Morgan fingerprint density at radius 2 is 2.12 bits per heavy atom. The van der Waals surface area contributed by atoms with Gasteiger partial charge in [-0.2, -0.15) is 5.26 Å². The van der Waals surface area contributed by atoms with Gasteiger partial charge in [-0.25, -0.2) is 0 Å². The second kappa shape index (κ2) is 4.96. The molecule has 0 bridgehead atoms. The molecule has 2 aliphatic rings. The fraction of sp³-hybridized carbons (Fsp3) is 0.929. The molecule has 0 radical (unpaired) electrons. The Morgan fingerprint density at radius 3 is 2.71 bits per heavy atom. The van der Waals surface area contributed by atoms with Gasteiger partial charge in [0.25, 0.3) is 0 Å². The first-order chi connectivity index (χ1) is 8.08. The summed E-state index contributed by atoms with van der Waals surface area (Å²) in [6.45, 7) is 3.82. The third-order valence-corrected chi connectivity index (χ3v) is 4.43. The maximum atomic E-state index is 10.5. The minimum absolute atomic E-state index is 0.241. The van der Waals surface area contributed by atoms with Gasteiger partial charge in [0, 0.05) is 19.5 Å². The molecule has 0 aromatic rings. The predicted molar refractivity (Wildman–Crippen MR) is 67.3 cm³/mol. The van der Waals surface area contributed by atoms with Crippen LogP contribution in [-0.2, 0) is 0 Å². The smallest absolute Gasteiger partial charge is 0.0774 e. The molecule has 2 N–H and O–H groups in total. The normalized spacial score (nSPS) is 35.2. The minimum Gasteiger partial charge on any atom is -0.389 e. The van der Waals surface area contributed by atoms with E-state index in [1.165, 1.54) is 19.3 Å². The van der Waals surface area contributed by atoms with Crippen LogP contribution in [0, 0.1) is 22.7 Å². The monoisotopic (exact) mass is 236 g/mol. The van der Waals surface area contributed by atoms with Gasteiger partial charge in [-0.15, -0.1) is 0 Å². The largest absolute Gasteiger partial charge is 0.389 e. The molecule has 0 aromatic heterocycles. The molecule has 3 heteroatoms. The lowest BCUT2D eigenvalue weighted by atomic mass is 9.79. The number of nitriles is 1. The molecule has 0 amide bonds. The molecule has 0 saturated heterocycles. The highest BCUT2D eigenvalue weighted by Crippen LogP contribution is 2.48. The van der Waals surface area contributed by atoms with Gasteiger partial charge >= 0.3 is 0 Å². The quantitative estimate of drug-likeness (QED) is 0.769. The Morgan fingerprint density at radius 1 is 1.35 bits per heavy atom. The van der Waals surface area contributed by atoms with Crippen LogP contribution >= 0.6 is 0 Å². The molecule has 2 fully saturated rings. The Bertz CT molecular complexity index is 306. The summed E-state index contributed by atoms with van der Waals surface area (Å²) >= 11 is 0. The highest BCUT2D eigenvalue weighted by atomic mass is 16.3. The van der Waals surface area contributed by atoms with Gasteiger partial charge < -0.3 is 10.4 Å². The van der Waals surface area contributed by atoms with Gasteiger partial charge in [0.15, 0.2) is 0 Å². The molecule has 2 unspecified atom stereocenters. The van der Waals surface area contributed by atoms with E-state index in [0.717, 1.165) is 25.8 Å². The van der Waals surface area contributed by atoms with E-state index in [1.54, 1.807) is 0 Å². The van der Waals surface area contributed by atoms with Crippen molar-refractivity contribution in [3.05, 3.63) is 0 Å². The van der Waals surface area contributed by atoms with Crippen LogP contribution in [0.4, 0.5) is 0 Å². The summed E-state index contributed by atoms with van der Waals surface area (Å²) < 4.78 is 0. The van der Waals surface area contributed by atoms with Gasteiger partial charge in [0.1, 0.15) is 0 Å². The summed E-state index contributed by atoms with van der Waals surface area (Å²) in [4.78, 5) is 0. The van der Waals surface area contributed by atoms with E-state index >= 15 is 0 Å². The first-order valence-corrected chi connectivity index (χ1v) is 6.88. The summed E-state index contributed by atoms with van der Waals surface area (Å²) in [5.41, 5.74) is -0.258. The Balaban J connectivity index is 1.73. The average molecular weight is 236 g/mol. The first kappa shape index (κ1) is 12.9. The van der Waals surface area contributed by atoms with E-state index in [9.17, 15) is 5.11 Å². The van der Waals surface area contributed by atoms with Crippen LogP contribution in [0.15, 0.2) is 0 Å². The van der Waals surface area contributed by atoms with E-state index in [-0.39, 0.29) is 5.41 Å². The van der Waals surface area contributed by atoms with Crippen molar-refractivity contribution in [3.63, 3.8) is 0 Å².